The predicted molar refractivity (Wildman–Crippen MR) is 148 cm³/mol. The molecule has 0 bridgehead atoms. The standard InChI is InChI=1S/C28H25F6N5O3S/c1-3-26-37-25(27(29,30)31)16-38(26)22-12-9-19(18-5-4-6-21(13-18)43(2,40)41)14-23(22)39(36)24(15-35)17-7-10-20(11-8-17)42-28(32,33)34/h4-16H,3,35-36H2,1-2H3/b24-15-. The first kappa shape index (κ1) is 31.4. The summed E-state index contributed by atoms with van der Waals surface area (Å²) in [6.45, 7) is 1.62. The van der Waals surface area contributed by atoms with E-state index in [1.165, 1.54) is 47.0 Å². The van der Waals surface area contributed by atoms with Gasteiger partial charge in [-0.3, -0.25) is 5.01 Å². The Hall–Kier alpha value is -4.50. The van der Waals surface area contributed by atoms with Crippen LogP contribution in [0, 0.1) is 0 Å². The SMILES string of the molecule is CCc1nc(C(F)(F)F)cn1-c1ccc(-c2cccc(S(C)(=O)=O)c2)cc1N(N)/C(=C\N)c1ccc(OC(F)(F)F)cc1. The van der Waals surface area contributed by atoms with E-state index in [0.717, 1.165) is 35.8 Å². The van der Waals surface area contributed by atoms with Crippen molar-refractivity contribution in [3.8, 4) is 22.6 Å². The van der Waals surface area contributed by atoms with Gasteiger partial charge in [0.25, 0.3) is 0 Å². The average Bonchev–Trinajstić information content (AvgIpc) is 3.38. The van der Waals surface area contributed by atoms with E-state index in [2.05, 4.69) is 9.72 Å². The molecule has 1 heterocycles. The molecule has 0 aliphatic carbocycles. The highest BCUT2D eigenvalue weighted by molar-refractivity contribution is 7.90. The summed E-state index contributed by atoms with van der Waals surface area (Å²) in [5.74, 6) is 6.09. The molecule has 0 saturated heterocycles. The maximum Gasteiger partial charge on any atom is 0.573 e. The van der Waals surface area contributed by atoms with Crippen molar-refractivity contribution in [2.45, 2.75) is 30.8 Å². The zero-order valence-electron chi connectivity index (χ0n) is 22.6. The maximum atomic E-state index is 13.6. The van der Waals surface area contributed by atoms with Crippen molar-refractivity contribution in [3.63, 3.8) is 0 Å². The molecule has 0 fully saturated rings. The summed E-state index contributed by atoms with van der Waals surface area (Å²) in [6, 6.07) is 15.3. The third-order valence-electron chi connectivity index (χ3n) is 6.28. The Morgan fingerprint density at radius 1 is 1.00 bits per heavy atom. The number of hydrogen-bond acceptors (Lipinski definition) is 7. The molecular formula is C28H25F6N5O3S. The third kappa shape index (κ3) is 7.11. The second kappa shape index (κ2) is 11.6. The Kier molecular flexibility index (Phi) is 8.51. The predicted octanol–water partition coefficient (Wildman–Crippen LogP) is 6.06. The number of hydrazine groups is 1. The number of ether oxygens (including phenoxy) is 1. The van der Waals surface area contributed by atoms with Crippen molar-refractivity contribution in [2.75, 3.05) is 11.3 Å². The molecule has 4 rings (SSSR count). The normalized spacial score (nSPS) is 12.8. The van der Waals surface area contributed by atoms with Crippen molar-refractivity contribution < 1.29 is 39.5 Å². The van der Waals surface area contributed by atoms with E-state index in [0.29, 0.717) is 11.1 Å². The number of alkyl halides is 6. The smallest absolute Gasteiger partial charge is 0.406 e. The van der Waals surface area contributed by atoms with Crippen molar-refractivity contribution in [3.05, 3.63) is 96.2 Å². The number of imidazole rings is 1. The van der Waals surface area contributed by atoms with Crippen LogP contribution in [0.25, 0.3) is 22.5 Å². The Morgan fingerprint density at radius 3 is 2.21 bits per heavy atom. The molecule has 3 aromatic carbocycles. The number of anilines is 1. The van der Waals surface area contributed by atoms with E-state index >= 15 is 0 Å². The number of nitrogens with zero attached hydrogens (tertiary/aromatic N) is 3. The molecule has 8 nitrogen and oxygen atoms in total. The first-order chi connectivity index (χ1) is 20.0. The number of sulfone groups is 1. The summed E-state index contributed by atoms with van der Waals surface area (Å²) >= 11 is 0. The number of aromatic nitrogens is 2. The van der Waals surface area contributed by atoms with E-state index in [9.17, 15) is 34.8 Å². The summed E-state index contributed by atoms with van der Waals surface area (Å²) in [6.07, 6.45) is -6.56. The number of nitrogens with two attached hydrogens (primary N) is 2. The van der Waals surface area contributed by atoms with Crippen LogP contribution in [0.1, 0.15) is 24.0 Å². The Balaban J connectivity index is 1.89. The van der Waals surface area contributed by atoms with Crippen molar-refractivity contribution in [1.29, 1.82) is 0 Å². The molecule has 0 unspecified atom stereocenters. The van der Waals surface area contributed by atoms with Gasteiger partial charge in [0.2, 0.25) is 0 Å². The van der Waals surface area contributed by atoms with Gasteiger partial charge < -0.3 is 15.0 Å². The van der Waals surface area contributed by atoms with Crippen LogP contribution in [-0.2, 0) is 22.4 Å². The van der Waals surface area contributed by atoms with Crippen LogP contribution in [0.5, 0.6) is 5.75 Å². The maximum absolute atomic E-state index is 13.6. The lowest BCUT2D eigenvalue weighted by molar-refractivity contribution is -0.274. The molecule has 0 aliphatic rings. The van der Waals surface area contributed by atoms with Crippen molar-refractivity contribution >= 4 is 21.2 Å². The van der Waals surface area contributed by atoms with Gasteiger partial charge in [0.15, 0.2) is 15.5 Å². The number of benzene rings is 3. The molecule has 0 atom stereocenters. The molecule has 4 N–H and O–H groups in total. The van der Waals surface area contributed by atoms with Gasteiger partial charge in [0, 0.05) is 30.6 Å². The zero-order chi connectivity index (χ0) is 31.7. The number of rotatable bonds is 8. The lowest BCUT2D eigenvalue weighted by atomic mass is 10.0. The van der Waals surface area contributed by atoms with Crippen LogP contribution in [0.4, 0.5) is 32.0 Å². The molecule has 4 aromatic rings. The largest absolute Gasteiger partial charge is 0.573 e. The molecule has 43 heavy (non-hydrogen) atoms. The zero-order valence-corrected chi connectivity index (χ0v) is 23.4. The molecule has 0 radical (unpaired) electrons. The van der Waals surface area contributed by atoms with Crippen LogP contribution in [0.3, 0.4) is 0 Å². The minimum absolute atomic E-state index is 0.0432. The van der Waals surface area contributed by atoms with Crippen LogP contribution in [0.15, 0.2) is 84.0 Å². The fourth-order valence-corrected chi connectivity index (χ4v) is 4.96. The number of hydrogen-bond donors (Lipinski definition) is 2. The highest BCUT2D eigenvalue weighted by Gasteiger charge is 2.35. The molecule has 1 aromatic heterocycles. The minimum atomic E-state index is -4.91. The van der Waals surface area contributed by atoms with E-state index in [4.69, 9.17) is 11.6 Å². The second-order valence-electron chi connectivity index (χ2n) is 9.26. The fraction of sp³-hybridized carbons (Fsp3) is 0.179. The first-order valence-corrected chi connectivity index (χ1v) is 14.3. The van der Waals surface area contributed by atoms with Gasteiger partial charge in [0.05, 0.1) is 22.0 Å². The van der Waals surface area contributed by atoms with Gasteiger partial charge in [-0.2, -0.15) is 13.2 Å². The molecule has 228 valence electrons. The van der Waals surface area contributed by atoms with Gasteiger partial charge >= 0.3 is 12.5 Å². The van der Waals surface area contributed by atoms with Crippen LogP contribution in [-0.4, -0.2) is 30.6 Å². The van der Waals surface area contributed by atoms with Crippen molar-refractivity contribution in [1.82, 2.24) is 9.55 Å². The fourth-order valence-electron chi connectivity index (χ4n) is 4.29. The highest BCUT2D eigenvalue weighted by atomic mass is 32.2. The highest BCUT2D eigenvalue weighted by Crippen LogP contribution is 2.37. The van der Waals surface area contributed by atoms with Gasteiger partial charge in [0.1, 0.15) is 11.6 Å². The minimum Gasteiger partial charge on any atom is -0.406 e. The summed E-state index contributed by atoms with van der Waals surface area (Å²) < 4.78 is 108. The summed E-state index contributed by atoms with van der Waals surface area (Å²) in [5, 5.41) is 1.06. The quantitative estimate of drug-likeness (QED) is 0.139. The lowest BCUT2D eigenvalue weighted by Crippen LogP contribution is -2.31. The Bertz CT molecular complexity index is 1760. The number of halogens is 6. The average molecular weight is 626 g/mol. The lowest BCUT2D eigenvalue weighted by Gasteiger charge is -2.26. The molecule has 0 saturated carbocycles. The van der Waals surface area contributed by atoms with E-state index in [-0.39, 0.29) is 39.8 Å². The van der Waals surface area contributed by atoms with E-state index < -0.39 is 33.8 Å². The molecule has 0 aliphatic heterocycles. The Labute approximate surface area is 242 Å². The van der Waals surface area contributed by atoms with Gasteiger partial charge in [-0.25, -0.2) is 19.2 Å². The monoisotopic (exact) mass is 625 g/mol. The molecule has 0 amide bonds. The van der Waals surface area contributed by atoms with Gasteiger partial charge in [-0.1, -0.05) is 25.1 Å². The molecule has 0 spiro atoms. The number of aryl methyl sites for hydroxylation is 1. The van der Waals surface area contributed by atoms with Crippen LogP contribution < -0.4 is 21.3 Å². The summed E-state index contributed by atoms with van der Waals surface area (Å²) in [5.41, 5.74) is 6.30. The first-order valence-electron chi connectivity index (χ1n) is 12.4. The third-order valence-corrected chi connectivity index (χ3v) is 7.39. The van der Waals surface area contributed by atoms with Gasteiger partial charge in [-0.15, -0.1) is 13.2 Å². The topological polar surface area (TPSA) is 116 Å². The Morgan fingerprint density at radius 2 is 1.65 bits per heavy atom. The molecular weight excluding hydrogens is 600 g/mol. The van der Waals surface area contributed by atoms with Crippen molar-refractivity contribution in [2.24, 2.45) is 11.6 Å². The molecule has 15 heteroatoms. The summed E-state index contributed by atoms with van der Waals surface area (Å²) in [4.78, 5) is 3.77. The van der Waals surface area contributed by atoms with E-state index in [1.54, 1.807) is 19.1 Å². The van der Waals surface area contributed by atoms with Gasteiger partial charge in [-0.05, 0) is 59.7 Å². The van der Waals surface area contributed by atoms with E-state index in [1.807, 2.05) is 0 Å². The van der Waals surface area contributed by atoms with Crippen LogP contribution >= 0.6 is 0 Å². The van der Waals surface area contributed by atoms with Crippen LogP contribution in [0.2, 0.25) is 0 Å². The second-order valence-corrected chi connectivity index (χ2v) is 11.3. The summed E-state index contributed by atoms with van der Waals surface area (Å²) in [7, 11) is -3.56.